The van der Waals surface area contributed by atoms with Gasteiger partial charge in [-0.2, -0.15) is 0 Å². The first-order chi connectivity index (χ1) is 15.5. The number of hydrogen-bond acceptors (Lipinski definition) is 5. The van der Waals surface area contributed by atoms with Crippen LogP contribution >= 0.6 is 0 Å². The quantitative estimate of drug-likeness (QED) is 0.533. The summed E-state index contributed by atoms with van der Waals surface area (Å²) in [5.74, 6) is 2.91. The van der Waals surface area contributed by atoms with Crippen LogP contribution in [0.3, 0.4) is 0 Å². The average Bonchev–Trinajstić information content (AvgIpc) is 2.81. The molecule has 2 N–H and O–H groups in total. The van der Waals surface area contributed by atoms with Crippen LogP contribution in [0.1, 0.15) is 43.5 Å². The Bertz CT molecular complexity index is 1110. The molecule has 1 aliphatic carbocycles. The van der Waals surface area contributed by atoms with Crippen molar-refractivity contribution in [2.24, 2.45) is 11.8 Å². The van der Waals surface area contributed by atoms with Gasteiger partial charge in [-0.05, 0) is 42.5 Å². The van der Waals surface area contributed by atoms with E-state index in [2.05, 4.69) is 24.5 Å². The van der Waals surface area contributed by atoms with Gasteiger partial charge in [-0.3, -0.25) is 4.79 Å². The Kier molecular flexibility index (Phi) is 6.49. The van der Waals surface area contributed by atoms with E-state index in [4.69, 9.17) is 14.5 Å². The summed E-state index contributed by atoms with van der Waals surface area (Å²) in [6, 6.07) is 15.3. The first-order valence-electron chi connectivity index (χ1n) is 11.2. The highest BCUT2D eigenvalue weighted by molar-refractivity contribution is 6.07. The maximum atomic E-state index is 13.4. The molecule has 0 saturated heterocycles. The third kappa shape index (κ3) is 4.49. The SMILES string of the molecule is COc1ccc(Nc2cc(C(=O)NC3CCCC(C)C3C)c3ccccc3n2)cc1OC. The molecule has 3 unspecified atom stereocenters. The molecule has 1 aliphatic rings. The first kappa shape index (κ1) is 21.9. The summed E-state index contributed by atoms with van der Waals surface area (Å²) in [7, 11) is 3.21. The number of pyridine rings is 1. The molecule has 6 heteroatoms. The largest absolute Gasteiger partial charge is 0.493 e. The van der Waals surface area contributed by atoms with Crippen molar-refractivity contribution in [3.8, 4) is 11.5 Å². The molecule has 1 amide bonds. The number of nitrogens with one attached hydrogen (secondary N) is 2. The third-order valence-electron chi connectivity index (χ3n) is 6.64. The molecular weight excluding hydrogens is 402 g/mol. The highest BCUT2D eigenvalue weighted by Gasteiger charge is 2.29. The van der Waals surface area contributed by atoms with Crippen molar-refractivity contribution < 1.29 is 14.3 Å². The maximum absolute atomic E-state index is 13.4. The van der Waals surface area contributed by atoms with Crippen molar-refractivity contribution in [2.45, 2.75) is 39.2 Å². The number of para-hydroxylation sites is 1. The summed E-state index contributed by atoms with van der Waals surface area (Å²) in [4.78, 5) is 18.1. The molecule has 32 heavy (non-hydrogen) atoms. The molecule has 4 rings (SSSR count). The molecule has 0 bridgehead atoms. The molecule has 1 fully saturated rings. The highest BCUT2D eigenvalue weighted by Crippen LogP contribution is 2.32. The van der Waals surface area contributed by atoms with E-state index < -0.39 is 0 Å². The topological polar surface area (TPSA) is 72.5 Å². The smallest absolute Gasteiger partial charge is 0.252 e. The molecule has 3 aromatic rings. The van der Waals surface area contributed by atoms with Crippen molar-refractivity contribution in [3.05, 3.63) is 54.1 Å². The highest BCUT2D eigenvalue weighted by atomic mass is 16.5. The number of nitrogens with zero attached hydrogens (tertiary/aromatic N) is 1. The Labute approximate surface area is 189 Å². The lowest BCUT2D eigenvalue weighted by molar-refractivity contribution is 0.0892. The molecule has 1 saturated carbocycles. The van der Waals surface area contributed by atoms with Gasteiger partial charge in [0, 0.05) is 23.2 Å². The summed E-state index contributed by atoms with van der Waals surface area (Å²) >= 11 is 0. The standard InChI is InChI=1S/C26H31N3O3/c1-16-8-7-11-21(17(16)2)29-26(30)20-15-25(28-22-10-6-5-9-19(20)22)27-18-12-13-23(31-3)24(14-18)32-4/h5-6,9-10,12-17,21H,7-8,11H2,1-4H3,(H,27,28)(H,29,30). The number of methoxy groups -OCH3 is 2. The number of rotatable bonds is 6. The summed E-state index contributed by atoms with van der Waals surface area (Å²) in [5, 5.41) is 7.46. The van der Waals surface area contributed by atoms with E-state index in [1.54, 1.807) is 14.2 Å². The Balaban J connectivity index is 1.65. The molecule has 0 radical (unpaired) electrons. The van der Waals surface area contributed by atoms with Crippen molar-refractivity contribution >= 4 is 28.3 Å². The zero-order valence-electron chi connectivity index (χ0n) is 19.1. The van der Waals surface area contributed by atoms with Gasteiger partial charge in [0.15, 0.2) is 11.5 Å². The predicted octanol–water partition coefficient (Wildman–Crippen LogP) is 5.55. The van der Waals surface area contributed by atoms with Gasteiger partial charge in [0.05, 0.1) is 25.3 Å². The number of anilines is 2. The summed E-state index contributed by atoms with van der Waals surface area (Å²) in [5.41, 5.74) is 2.20. The number of carbonyl (C=O) groups excluding carboxylic acids is 1. The zero-order valence-corrected chi connectivity index (χ0v) is 19.1. The number of hydrogen-bond donors (Lipinski definition) is 2. The lowest BCUT2D eigenvalue weighted by atomic mass is 9.78. The summed E-state index contributed by atoms with van der Waals surface area (Å²) in [6.45, 7) is 4.51. The third-order valence-corrected chi connectivity index (χ3v) is 6.64. The summed E-state index contributed by atoms with van der Waals surface area (Å²) in [6.07, 6.45) is 3.40. The van der Waals surface area contributed by atoms with Crippen LogP contribution in [0.4, 0.5) is 11.5 Å². The lowest BCUT2D eigenvalue weighted by Gasteiger charge is -2.34. The molecule has 3 atom stereocenters. The fraction of sp³-hybridized carbons (Fsp3) is 0.385. The monoisotopic (exact) mass is 433 g/mol. The van der Waals surface area contributed by atoms with Crippen molar-refractivity contribution in [1.29, 1.82) is 0 Å². The lowest BCUT2D eigenvalue weighted by Crippen LogP contribution is -2.43. The van der Waals surface area contributed by atoms with Gasteiger partial charge >= 0.3 is 0 Å². The number of ether oxygens (including phenoxy) is 2. The fourth-order valence-electron chi connectivity index (χ4n) is 4.52. The van der Waals surface area contributed by atoms with Gasteiger partial charge in [-0.1, -0.05) is 44.9 Å². The van der Waals surface area contributed by atoms with Crippen LogP contribution in [0.25, 0.3) is 10.9 Å². The van der Waals surface area contributed by atoms with E-state index in [1.807, 2.05) is 48.5 Å². The van der Waals surface area contributed by atoms with Crippen LogP contribution in [-0.2, 0) is 0 Å². The van der Waals surface area contributed by atoms with E-state index in [0.29, 0.717) is 34.7 Å². The first-order valence-corrected chi connectivity index (χ1v) is 11.2. The van der Waals surface area contributed by atoms with Crippen molar-refractivity contribution in [1.82, 2.24) is 10.3 Å². The Morgan fingerprint density at radius 2 is 1.78 bits per heavy atom. The second-order valence-corrected chi connectivity index (χ2v) is 8.61. The zero-order chi connectivity index (χ0) is 22.7. The van der Waals surface area contributed by atoms with E-state index in [1.165, 1.54) is 6.42 Å². The van der Waals surface area contributed by atoms with E-state index in [9.17, 15) is 4.79 Å². The Morgan fingerprint density at radius 1 is 1.00 bits per heavy atom. The number of benzene rings is 2. The van der Waals surface area contributed by atoms with Crippen molar-refractivity contribution in [2.75, 3.05) is 19.5 Å². The van der Waals surface area contributed by atoms with Crippen LogP contribution in [0.15, 0.2) is 48.5 Å². The predicted molar refractivity (Wildman–Crippen MR) is 128 cm³/mol. The van der Waals surface area contributed by atoms with Gasteiger partial charge in [0.2, 0.25) is 0 Å². The van der Waals surface area contributed by atoms with Gasteiger partial charge in [0.25, 0.3) is 5.91 Å². The van der Waals surface area contributed by atoms with Crippen LogP contribution in [0.2, 0.25) is 0 Å². The fourth-order valence-corrected chi connectivity index (χ4v) is 4.52. The normalized spacial score (nSPS) is 20.6. The Hall–Kier alpha value is -3.28. The second kappa shape index (κ2) is 9.47. The van der Waals surface area contributed by atoms with Crippen molar-refractivity contribution in [3.63, 3.8) is 0 Å². The molecule has 1 aromatic heterocycles. The Morgan fingerprint density at radius 3 is 2.56 bits per heavy atom. The van der Waals surface area contributed by atoms with E-state index in [0.717, 1.165) is 29.4 Å². The minimum atomic E-state index is -0.0510. The number of carbonyl (C=O) groups is 1. The van der Waals surface area contributed by atoms with Crippen LogP contribution in [-0.4, -0.2) is 31.2 Å². The second-order valence-electron chi connectivity index (χ2n) is 8.61. The number of aromatic nitrogens is 1. The number of fused-ring (bicyclic) bond motifs is 1. The molecule has 168 valence electrons. The minimum absolute atomic E-state index is 0.0510. The maximum Gasteiger partial charge on any atom is 0.252 e. The molecule has 6 nitrogen and oxygen atoms in total. The average molecular weight is 434 g/mol. The van der Waals surface area contributed by atoms with E-state index in [-0.39, 0.29) is 11.9 Å². The molecule has 2 aromatic carbocycles. The van der Waals surface area contributed by atoms with Gasteiger partial charge < -0.3 is 20.1 Å². The van der Waals surface area contributed by atoms with Gasteiger partial charge in [0.1, 0.15) is 5.82 Å². The van der Waals surface area contributed by atoms with Crippen LogP contribution < -0.4 is 20.1 Å². The van der Waals surface area contributed by atoms with E-state index >= 15 is 0 Å². The van der Waals surface area contributed by atoms with Crippen LogP contribution in [0, 0.1) is 11.8 Å². The van der Waals surface area contributed by atoms with Gasteiger partial charge in [-0.15, -0.1) is 0 Å². The summed E-state index contributed by atoms with van der Waals surface area (Å²) < 4.78 is 10.7. The van der Waals surface area contributed by atoms with Crippen LogP contribution in [0.5, 0.6) is 11.5 Å². The van der Waals surface area contributed by atoms with Gasteiger partial charge in [-0.25, -0.2) is 4.98 Å². The minimum Gasteiger partial charge on any atom is -0.493 e. The molecule has 0 spiro atoms. The molecular formula is C26H31N3O3. The molecule has 0 aliphatic heterocycles. The number of amides is 1. The molecule has 1 heterocycles.